The molecule has 0 fully saturated rings. The summed E-state index contributed by atoms with van der Waals surface area (Å²) in [5.41, 5.74) is -0.510. The topological polar surface area (TPSA) is 107 Å². The van der Waals surface area contributed by atoms with Crippen LogP contribution in [0.15, 0.2) is 12.1 Å². The second-order valence-corrected chi connectivity index (χ2v) is 3.04. The molecule has 1 aromatic rings. The first-order valence-corrected chi connectivity index (χ1v) is 4.61. The molecule has 0 heterocycles. The Bertz CT molecular complexity index is 549. The molecule has 1 aromatic carbocycles. The van der Waals surface area contributed by atoms with E-state index in [1.807, 2.05) is 0 Å². The average Bonchev–Trinajstić information content (AvgIpc) is 2.31. The number of hydrogen-bond acceptors (Lipinski definition) is 5. The molecule has 0 saturated carbocycles. The van der Waals surface area contributed by atoms with E-state index in [1.165, 1.54) is 6.07 Å². The summed E-state index contributed by atoms with van der Waals surface area (Å²) in [5, 5.41) is 37.4. The van der Waals surface area contributed by atoms with Gasteiger partial charge in [0.15, 0.2) is 0 Å². The van der Waals surface area contributed by atoms with Crippen LogP contribution in [0.5, 0.6) is 5.75 Å². The first-order chi connectivity index (χ1) is 8.10. The van der Waals surface area contributed by atoms with Gasteiger partial charge in [0.05, 0.1) is 28.7 Å². The maximum absolute atomic E-state index is 10.6. The number of rotatable bonds is 2. The van der Waals surface area contributed by atoms with Crippen LogP contribution in [0.3, 0.4) is 0 Å². The summed E-state index contributed by atoms with van der Waals surface area (Å²) < 4.78 is 0. The largest absolute Gasteiger partial charge is 0.501 e. The molecule has 0 bridgehead atoms. The van der Waals surface area contributed by atoms with Crippen molar-refractivity contribution in [1.29, 1.82) is 5.26 Å². The quantitative estimate of drug-likeness (QED) is 0.447. The number of phenols is 1. The number of nitriles is 1. The van der Waals surface area contributed by atoms with E-state index >= 15 is 0 Å². The Morgan fingerprint density at radius 2 is 2.18 bits per heavy atom. The van der Waals surface area contributed by atoms with Gasteiger partial charge in [-0.3, -0.25) is 10.1 Å². The smallest absolute Gasteiger partial charge is 0.313 e. The lowest BCUT2D eigenvalue weighted by Crippen LogP contribution is -1.92. The average molecular weight is 232 g/mol. The van der Waals surface area contributed by atoms with Crippen molar-refractivity contribution in [3.63, 3.8) is 0 Å². The Morgan fingerprint density at radius 1 is 1.47 bits per heavy atom. The van der Waals surface area contributed by atoms with Crippen LogP contribution in [0.4, 0.5) is 5.69 Å². The predicted molar refractivity (Wildman–Crippen MR) is 58.1 cm³/mol. The zero-order valence-corrected chi connectivity index (χ0v) is 8.67. The normalized spacial score (nSPS) is 8.94. The van der Waals surface area contributed by atoms with Gasteiger partial charge in [-0.15, -0.1) is 0 Å². The van der Waals surface area contributed by atoms with E-state index in [0.717, 1.165) is 6.07 Å². The molecule has 6 nitrogen and oxygen atoms in total. The van der Waals surface area contributed by atoms with Gasteiger partial charge in [0, 0.05) is 12.5 Å². The van der Waals surface area contributed by atoms with E-state index in [1.54, 1.807) is 6.07 Å². The van der Waals surface area contributed by atoms with Gasteiger partial charge in [-0.05, 0) is 6.07 Å². The highest BCUT2D eigenvalue weighted by Crippen LogP contribution is 2.30. The maximum atomic E-state index is 10.6. The fraction of sp³-hybridized carbons (Fsp3) is 0.182. The van der Waals surface area contributed by atoms with Crippen LogP contribution in [0, 0.1) is 33.3 Å². The zero-order chi connectivity index (χ0) is 12.8. The van der Waals surface area contributed by atoms with Gasteiger partial charge in [-0.1, -0.05) is 11.8 Å². The van der Waals surface area contributed by atoms with Crippen LogP contribution in [0.25, 0.3) is 0 Å². The van der Waals surface area contributed by atoms with Gasteiger partial charge in [0.25, 0.3) is 0 Å². The lowest BCUT2D eigenvalue weighted by Gasteiger charge is -1.99. The molecule has 0 aliphatic carbocycles. The molecule has 0 aliphatic rings. The summed E-state index contributed by atoms with van der Waals surface area (Å²) in [6.45, 7) is -0.145. The summed E-state index contributed by atoms with van der Waals surface area (Å²) >= 11 is 0. The van der Waals surface area contributed by atoms with Crippen LogP contribution in [-0.4, -0.2) is 21.7 Å². The van der Waals surface area contributed by atoms with E-state index in [9.17, 15) is 15.2 Å². The molecule has 0 unspecified atom stereocenters. The Morgan fingerprint density at radius 3 is 2.71 bits per heavy atom. The number of nitro benzene ring substituents is 1. The fourth-order valence-corrected chi connectivity index (χ4v) is 1.13. The third kappa shape index (κ3) is 2.94. The van der Waals surface area contributed by atoms with Crippen molar-refractivity contribution in [2.75, 3.05) is 6.61 Å². The number of phenolic OH excluding ortho intramolecular Hbond substituents is 1. The zero-order valence-electron chi connectivity index (χ0n) is 8.67. The molecule has 86 valence electrons. The van der Waals surface area contributed by atoms with E-state index in [4.69, 9.17) is 10.4 Å². The molecule has 0 radical (unpaired) electrons. The van der Waals surface area contributed by atoms with Crippen molar-refractivity contribution in [2.24, 2.45) is 0 Å². The van der Waals surface area contributed by atoms with Crippen LogP contribution in [0.1, 0.15) is 17.5 Å². The van der Waals surface area contributed by atoms with Crippen molar-refractivity contribution >= 4 is 5.69 Å². The molecule has 0 aromatic heterocycles. The minimum absolute atomic E-state index is 0.00389. The minimum atomic E-state index is -0.784. The summed E-state index contributed by atoms with van der Waals surface area (Å²) in [6, 6.07) is 3.98. The predicted octanol–water partition coefficient (Wildman–Crippen LogP) is 0.906. The Labute approximate surface area is 96.9 Å². The SMILES string of the molecule is N#Cc1cc(C#CCCO)c(O)c([N+](=O)[O-])c1. The summed E-state index contributed by atoms with van der Waals surface area (Å²) in [7, 11) is 0. The van der Waals surface area contributed by atoms with Crippen molar-refractivity contribution < 1.29 is 15.1 Å². The lowest BCUT2D eigenvalue weighted by atomic mass is 10.1. The van der Waals surface area contributed by atoms with Gasteiger partial charge in [-0.2, -0.15) is 5.26 Å². The fourth-order valence-electron chi connectivity index (χ4n) is 1.13. The Kier molecular flexibility index (Phi) is 4.04. The maximum Gasteiger partial charge on any atom is 0.313 e. The van der Waals surface area contributed by atoms with Gasteiger partial charge in [0.2, 0.25) is 5.75 Å². The highest BCUT2D eigenvalue weighted by atomic mass is 16.6. The monoisotopic (exact) mass is 232 g/mol. The number of nitro groups is 1. The molecule has 2 N–H and O–H groups in total. The second kappa shape index (κ2) is 5.50. The third-order valence-electron chi connectivity index (χ3n) is 1.88. The number of nitrogens with zero attached hydrogens (tertiary/aromatic N) is 2. The second-order valence-electron chi connectivity index (χ2n) is 3.04. The van der Waals surface area contributed by atoms with Crippen LogP contribution in [-0.2, 0) is 0 Å². The van der Waals surface area contributed by atoms with Gasteiger partial charge >= 0.3 is 5.69 Å². The summed E-state index contributed by atoms with van der Waals surface area (Å²) in [4.78, 5) is 9.84. The summed E-state index contributed by atoms with van der Waals surface area (Å²) in [5.74, 6) is 4.42. The van der Waals surface area contributed by atoms with E-state index in [0.29, 0.717) is 0 Å². The first-order valence-electron chi connectivity index (χ1n) is 4.61. The first kappa shape index (κ1) is 12.5. The van der Waals surface area contributed by atoms with Gasteiger partial charge in [-0.25, -0.2) is 0 Å². The highest BCUT2D eigenvalue weighted by molar-refractivity contribution is 5.61. The molecule has 0 amide bonds. The third-order valence-corrected chi connectivity index (χ3v) is 1.88. The van der Waals surface area contributed by atoms with Crippen LogP contribution in [0.2, 0.25) is 0 Å². The van der Waals surface area contributed by atoms with Gasteiger partial charge in [0.1, 0.15) is 0 Å². The van der Waals surface area contributed by atoms with E-state index < -0.39 is 16.4 Å². The molecule has 1 rings (SSSR count). The minimum Gasteiger partial charge on any atom is -0.501 e. The number of aliphatic hydroxyl groups excluding tert-OH is 1. The molecular weight excluding hydrogens is 224 g/mol. The van der Waals surface area contributed by atoms with Crippen molar-refractivity contribution in [1.82, 2.24) is 0 Å². The molecule has 17 heavy (non-hydrogen) atoms. The van der Waals surface area contributed by atoms with Crippen LogP contribution < -0.4 is 0 Å². The summed E-state index contributed by atoms with van der Waals surface area (Å²) in [6.07, 6.45) is 0.185. The number of aliphatic hydroxyl groups is 1. The molecule has 6 heteroatoms. The van der Waals surface area contributed by atoms with Crippen LogP contribution >= 0.6 is 0 Å². The van der Waals surface area contributed by atoms with E-state index in [-0.39, 0.29) is 24.2 Å². The van der Waals surface area contributed by atoms with Gasteiger partial charge < -0.3 is 10.2 Å². The molecule has 0 aliphatic heterocycles. The number of aromatic hydroxyl groups is 1. The number of benzene rings is 1. The molecule has 0 atom stereocenters. The van der Waals surface area contributed by atoms with Crippen molar-refractivity contribution in [3.8, 4) is 23.7 Å². The van der Waals surface area contributed by atoms with Crippen molar-refractivity contribution in [3.05, 3.63) is 33.4 Å². The Balaban J connectivity index is 3.32. The van der Waals surface area contributed by atoms with Crippen molar-refractivity contribution in [2.45, 2.75) is 6.42 Å². The van der Waals surface area contributed by atoms with E-state index in [2.05, 4.69) is 11.8 Å². The number of hydrogen-bond donors (Lipinski definition) is 2. The standard InChI is InChI=1S/C11H8N2O4/c12-7-8-5-9(3-1-2-4-14)11(15)10(6-8)13(16)17/h5-6,14-15H,2,4H2. The lowest BCUT2D eigenvalue weighted by molar-refractivity contribution is -0.385. The highest BCUT2D eigenvalue weighted by Gasteiger charge is 2.18. The molecular formula is C11H8N2O4. The molecule has 0 saturated heterocycles. The Hall–Kier alpha value is -2.57. The molecule has 0 spiro atoms.